The molecule has 0 aliphatic carbocycles. The average molecular weight is 352 g/mol. The number of rotatable bonds is 7. The van der Waals surface area contributed by atoms with Crippen LogP contribution >= 0.6 is 11.3 Å². The molecule has 0 saturated carbocycles. The Morgan fingerprint density at radius 3 is 2.52 bits per heavy atom. The maximum Gasteiger partial charge on any atom is 0.248 e. The van der Waals surface area contributed by atoms with E-state index in [2.05, 4.69) is 4.98 Å². The quantitative estimate of drug-likeness (QED) is 0.564. The first-order valence-electron chi connectivity index (χ1n) is 7.47. The SMILES string of the molecule is Cc1nc(COc2ccc(/C=C/C(=O)N(CC#N)CC#N)cc2)cs1. The van der Waals surface area contributed by atoms with Gasteiger partial charge in [0, 0.05) is 11.5 Å². The Bertz CT molecular complexity index is 812. The van der Waals surface area contributed by atoms with Gasteiger partial charge < -0.3 is 9.64 Å². The van der Waals surface area contributed by atoms with Crippen LogP contribution in [0.2, 0.25) is 0 Å². The van der Waals surface area contributed by atoms with Crippen LogP contribution in [-0.4, -0.2) is 28.9 Å². The van der Waals surface area contributed by atoms with Gasteiger partial charge in [0.2, 0.25) is 5.91 Å². The Balaban J connectivity index is 1.92. The van der Waals surface area contributed by atoms with Gasteiger partial charge in [0.05, 0.1) is 22.8 Å². The lowest BCUT2D eigenvalue weighted by Crippen LogP contribution is -2.30. The zero-order valence-electron chi connectivity index (χ0n) is 13.7. The fourth-order valence-corrected chi connectivity index (χ4v) is 2.56. The van der Waals surface area contributed by atoms with E-state index >= 15 is 0 Å². The number of carbonyl (C=O) groups excluding carboxylic acids is 1. The lowest BCUT2D eigenvalue weighted by Gasteiger charge is -2.12. The third kappa shape index (κ3) is 5.76. The summed E-state index contributed by atoms with van der Waals surface area (Å²) in [4.78, 5) is 17.4. The van der Waals surface area contributed by atoms with Gasteiger partial charge in [-0.25, -0.2) is 4.98 Å². The van der Waals surface area contributed by atoms with Crippen molar-refractivity contribution in [3.05, 3.63) is 52.0 Å². The highest BCUT2D eigenvalue weighted by Gasteiger charge is 2.08. The first-order chi connectivity index (χ1) is 12.1. The number of hydrogen-bond donors (Lipinski definition) is 0. The minimum Gasteiger partial charge on any atom is -0.487 e. The monoisotopic (exact) mass is 352 g/mol. The normalized spacial score (nSPS) is 10.2. The van der Waals surface area contributed by atoms with Crippen LogP contribution in [0.3, 0.4) is 0 Å². The molecule has 25 heavy (non-hydrogen) atoms. The van der Waals surface area contributed by atoms with Crippen LogP contribution in [0.1, 0.15) is 16.3 Å². The second-order valence-electron chi connectivity index (χ2n) is 5.06. The Hall–Kier alpha value is -3.16. The van der Waals surface area contributed by atoms with Crippen LogP contribution in [0, 0.1) is 29.6 Å². The Morgan fingerprint density at radius 1 is 1.28 bits per heavy atom. The highest BCUT2D eigenvalue weighted by Crippen LogP contribution is 2.16. The number of aryl methyl sites for hydroxylation is 1. The molecule has 126 valence electrons. The van der Waals surface area contributed by atoms with Gasteiger partial charge in [-0.3, -0.25) is 4.79 Å². The number of ether oxygens (including phenoxy) is 1. The number of nitrogens with zero attached hydrogens (tertiary/aromatic N) is 4. The third-order valence-corrected chi connectivity index (χ3v) is 4.01. The molecule has 0 fully saturated rings. The first kappa shape index (κ1) is 18.2. The number of benzene rings is 1. The lowest BCUT2D eigenvalue weighted by molar-refractivity contribution is -0.124. The van der Waals surface area contributed by atoms with E-state index in [0.29, 0.717) is 12.4 Å². The molecule has 0 aliphatic rings. The number of carbonyl (C=O) groups is 1. The van der Waals surface area contributed by atoms with Crippen molar-refractivity contribution in [2.45, 2.75) is 13.5 Å². The van der Waals surface area contributed by atoms with Gasteiger partial charge in [0.15, 0.2) is 0 Å². The number of thiazole rings is 1. The van der Waals surface area contributed by atoms with E-state index in [1.54, 1.807) is 17.4 Å². The molecule has 0 aliphatic heterocycles. The maximum atomic E-state index is 11.9. The Morgan fingerprint density at radius 2 is 1.96 bits per heavy atom. The van der Waals surface area contributed by atoms with Gasteiger partial charge >= 0.3 is 0 Å². The van der Waals surface area contributed by atoms with E-state index in [1.165, 1.54) is 11.0 Å². The molecule has 7 heteroatoms. The molecule has 0 spiro atoms. The number of hydrogen-bond acceptors (Lipinski definition) is 6. The summed E-state index contributed by atoms with van der Waals surface area (Å²) >= 11 is 1.58. The van der Waals surface area contributed by atoms with Crippen LogP contribution in [0.25, 0.3) is 6.08 Å². The summed E-state index contributed by atoms with van der Waals surface area (Å²) < 4.78 is 5.66. The van der Waals surface area contributed by atoms with Gasteiger partial charge in [0.1, 0.15) is 25.4 Å². The fourth-order valence-electron chi connectivity index (χ4n) is 1.96. The van der Waals surface area contributed by atoms with Crippen LogP contribution < -0.4 is 4.74 Å². The minimum absolute atomic E-state index is 0.112. The van der Waals surface area contributed by atoms with Crippen molar-refractivity contribution in [1.29, 1.82) is 10.5 Å². The molecule has 0 unspecified atom stereocenters. The van der Waals surface area contributed by atoms with Crippen molar-refractivity contribution >= 4 is 23.3 Å². The minimum atomic E-state index is -0.373. The fraction of sp³-hybridized carbons (Fsp3) is 0.222. The van der Waals surface area contributed by atoms with E-state index < -0.39 is 0 Å². The van der Waals surface area contributed by atoms with Crippen molar-refractivity contribution in [2.75, 3.05) is 13.1 Å². The molecule has 0 bridgehead atoms. The molecule has 2 rings (SSSR count). The maximum absolute atomic E-state index is 11.9. The smallest absolute Gasteiger partial charge is 0.248 e. The van der Waals surface area contributed by atoms with E-state index in [4.69, 9.17) is 15.3 Å². The molecular weight excluding hydrogens is 336 g/mol. The molecule has 0 radical (unpaired) electrons. The van der Waals surface area contributed by atoms with Crippen LogP contribution in [-0.2, 0) is 11.4 Å². The molecule has 1 aromatic carbocycles. The molecule has 0 N–H and O–H groups in total. The first-order valence-corrected chi connectivity index (χ1v) is 8.35. The van der Waals surface area contributed by atoms with E-state index in [9.17, 15) is 4.79 Å². The van der Waals surface area contributed by atoms with Crippen molar-refractivity contribution in [2.24, 2.45) is 0 Å². The summed E-state index contributed by atoms with van der Waals surface area (Å²) in [6.45, 7) is 2.14. The van der Waals surface area contributed by atoms with Crippen LogP contribution in [0.5, 0.6) is 5.75 Å². The van der Waals surface area contributed by atoms with Gasteiger partial charge in [0.25, 0.3) is 0 Å². The Kier molecular flexibility index (Phi) is 6.70. The number of nitriles is 2. The van der Waals surface area contributed by atoms with Gasteiger partial charge in [-0.05, 0) is 30.7 Å². The van der Waals surface area contributed by atoms with Crippen molar-refractivity contribution < 1.29 is 9.53 Å². The highest BCUT2D eigenvalue weighted by atomic mass is 32.1. The lowest BCUT2D eigenvalue weighted by atomic mass is 10.2. The predicted octanol–water partition coefficient (Wildman–Crippen LogP) is 2.92. The van der Waals surface area contributed by atoms with Crippen molar-refractivity contribution in [3.8, 4) is 17.9 Å². The summed E-state index contributed by atoms with van der Waals surface area (Å²) in [6, 6.07) is 11.0. The zero-order valence-corrected chi connectivity index (χ0v) is 14.5. The molecule has 0 atom stereocenters. The highest BCUT2D eigenvalue weighted by molar-refractivity contribution is 7.09. The van der Waals surface area contributed by atoms with E-state index in [1.807, 2.05) is 48.7 Å². The van der Waals surface area contributed by atoms with Crippen molar-refractivity contribution in [3.63, 3.8) is 0 Å². The zero-order chi connectivity index (χ0) is 18.1. The molecule has 1 aromatic heterocycles. The summed E-state index contributed by atoms with van der Waals surface area (Å²) in [5.74, 6) is 0.340. The predicted molar refractivity (Wildman–Crippen MR) is 94.5 cm³/mol. The standard InChI is InChI=1S/C18H16N4O2S/c1-14-21-16(13-25-14)12-24-17-5-2-15(3-6-17)4-7-18(23)22(10-8-19)11-9-20/h2-7,13H,10-12H2,1H3/b7-4+. The largest absolute Gasteiger partial charge is 0.487 e. The van der Waals surface area contributed by atoms with Gasteiger partial charge in [-0.1, -0.05) is 12.1 Å². The van der Waals surface area contributed by atoms with Crippen molar-refractivity contribution in [1.82, 2.24) is 9.88 Å². The number of amides is 1. The molecule has 1 heterocycles. The van der Waals surface area contributed by atoms with Crippen LogP contribution in [0.15, 0.2) is 35.7 Å². The summed E-state index contributed by atoms with van der Waals surface area (Å²) in [5.41, 5.74) is 1.71. The molecule has 1 amide bonds. The van der Waals surface area contributed by atoms with Gasteiger partial charge in [-0.15, -0.1) is 11.3 Å². The molecule has 0 saturated heterocycles. The molecule has 6 nitrogen and oxygen atoms in total. The summed E-state index contributed by atoms with van der Waals surface area (Å²) in [6.07, 6.45) is 2.99. The Labute approximate surface area is 150 Å². The second kappa shape index (κ2) is 9.21. The topological polar surface area (TPSA) is 90.0 Å². The molecule has 2 aromatic rings. The molecular formula is C18H16N4O2S. The third-order valence-electron chi connectivity index (χ3n) is 3.19. The van der Waals surface area contributed by atoms with Gasteiger partial charge in [-0.2, -0.15) is 10.5 Å². The van der Waals surface area contributed by atoms with E-state index in [-0.39, 0.29) is 19.0 Å². The summed E-state index contributed by atoms with van der Waals surface area (Å²) in [5, 5.41) is 20.3. The number of aromatic nitrogens is 1. The second-order valence-corrected chi connectivity index (χ2v) is 6.12. The van der Waals surface area contributed by atoms with Crippen LogP contribution in [0.4, 0.5) is 0 Å². The van der Waals surface area contributed by atoms with E-state index in [0.717, 1.165) is 16.3 Å². The summed E-state index contributed by atoms with van der Waals surface area (Å²) in [7, 11) is 0. The average Bonchev–Trinajstić information content (AvgIpc) is 3.04.